The molecule has 0 aliphatic heterocycles. The van der Waals surface area contributed by atoms with Crippen LogP contribution < -0.4 is 16.6 Å². The number of nitrogens with one attached hydrogen (secondary N) is 2. The first-order valence-electron chi connectivity index (χ1n) is 4.20. The molecule has 5 N–H and O–H groups in total. The van der Waals surface area contributed by atoms with Gasteiger partial charge in [-0.2, -0.15) is 8.42 Å². The summed E-state index contributed by atoms with van der Waals surface area (Å²) < 4.78 is 30.4. The quantitative estimate of drug-likeness (QED) is 0.257. The Kier molecular flexibility index (Phi) is 3.48. The van der Waals surface area contributed by atoms with Crippen LogP contribution in [-0.2, 0) is 10.1 Å². The van der Waals surface area contributed by atoms with Crippen molar-refractivity contribution in [3.05, 3.63) is 23.8 Å². The normalized spacial score (nSPS) is 10.9. The second kappa shape index (κ2) is 4.47. The predicted molar refractivity (Wildman–Crippen MR) is 57.3 cm³/mol. The molecule has 0 radical (unpaired) electrons. The molecule has 0 aliphatic carbocycles. The van der Waals surface area contributed by atoms with Gasteiger partial charge in [-0.15, -0.1) is 0 Å². The summed E-state index contributed by atoms with van der Waals surface area (Å²) >= 11 is 0. The Morgan fingerprint density at radius 1 is 1.44 bits per heavy atom. The number of hydrogen-bond acceptors (Lipinski definition) is 4. The van der Waals surface area contributed by atoms with Crippen molar-refractivity contribution in [2.75, 3.05) is 5.32 Å². The monoisotopic (exact) mass is 245 g/mol. The van der Waals surface area contributed by atoms with Crippen LogP contribution in [0.4, 0.5) is 10.5 Å². The van der Waals surface area contributed by atoms with Crippen molar-refractivity contribution in [1.82, 2.24) is 5.43 Å². The first kappa shape index (κ1) is 12.4. The molecule has 0 atom stereocenters. The Hall–Kier alpha value is -1.64. The van der Waals surface area contributed by atoms with E-state index in [4.69, 9.17) is 10.4 Å². The number of aryl methyl sites for hydroxylation is 1. The topological polar surface area (TPSA) is 122 Å². The van der Waals surface area contributed by atoms with Gasteiger partial charge in [-0.1, -0.05) is 0 Å². The molecule has 2 amide bonds. The van der Waals surface area contributed by atoms with Gasteiger partial charge in [0, 0.05) is 5.69 Å². The maximum atomic E-state index is 10.9. The molecule has 0 spiro atoms. The zero-order valence-electron chi connectivity index (χ0n) is 8.39. The van der Waals surface area contributed by atoms with Crippen molar-refractivity contribution in [2.45, 2.75) is 11.8 Å². The lowest BCUT2D eigenvalue weighted by atomic mass is 10.2. The minimum Gasteiger partial charge on any atom is -0.307 e. The van der Waals surface area contributed by atoms with Crippen molar-refractivity contribution >= 4 is 21.8 Å². The van der Waals surface area contributed by atoms with E-state index in [2.05, 4.69) is 5.32 Å². The molecule has 0 unspecified atom stereocenters. The Labute approximate surface area is 92.4 Å². The van der Waals surface area contributed by atoms with Crippen LogP contribution in [0, 0.1) is 6.92 Å². The lowest BCUT2D eigenvalue weighted by Gasteiger charge is -2.08. The van der Waals surface area contributed by atoms with Crippen LogP contribution in [0.1, 0.15) is 5.56 Å². The van der Waals surface area contributed by atoms with Crippen LogP contribution >= 0.6 is 0 Å². The number of carbonyl (C=O) groups excluding carboxylic acids is 1. The fourth-order valence-electron chi connectivity index (χ4n) is 1.10. The molecule has 0 fully saturated rings. The Morgan fingerprint density at radius 3 is 2.50 bits per heavy atom. The average Bonchev–Trinajstić information content (AvgIpc) is 2.19. The standard InChI is InChI=1S/C8H11N3O4S/c1-5-4-6(16(13,14)15)2-3-7(5)10-8(12)11-9/h2-4H,9H2,1H3,(H2,10,11,12)(H,13,14,15). The van der Waals surface area contributed by atoms with E-state index < -0.39 is 16.1 Å². The summed E-state index contributed by atoms with van der Waals surface area (Å²) in [7, 11) is -4.23. The summed E-state index contributed by atoms with van der Waals surface area (Å²) in [4.78, 5) is 10.7. The highest BCUT2D eigenvalue weighted by Crippen LogP contribution is 2.19. The summed E-state index contributed by atoms with van der Waals surface area (Å²) in [6.07, 6.45) is 0. The molecule has 1 aromatic rings. The Morgan fingerprint density at radius 2 is 2.06 bits per heavy atom. The number of rotatable bonds is 2. The van der Waals surface area contributed by atoms with Crippen LogP contribution in [-0.4, -0.2) is 19.0 Å². The SMILES string of the molecule is Cc1cc(S(=O)(=O)O)ccc1NC(=O)NN. The minimum atomic E-state index is -4.23. The van der Waals surface area contributed by atoms with Gasteiger partial charge in [0.2, 0.25) is 0 Å². The van der Waals surface area contributed by atoms with Crippen LogP contribution in [0.15, 0.2) is 23.1 Å². The smallest absolute Gasteiger partial charge is 0.307 e. The minimum absolute atomic E-state index is 0.233. The van der Waals surface area contributed by atoms with Crippen molar-refractivity contribution < 1.29 is 17.8 Å². The summed E-state index contributed by atoms with van der Waals surface area (Å²) in [5, 5.41) is 2.39. The van der Waals surface area contributed by atoms with Crippen LogP contribution in [0.3, 0.4) is 0 Å². The number of hydrogen-bond donors (Lipinski definition) is 4. The van der Waals surface area contributed by atoms with Crippen molar-refractivity contribution in [3.63, 3.8) is 0 Å². The van der Waals surface area contributed by atoms with Gasteiger partial charge >= 0.3 is 6.03 Å². The van der Waals surface area contributed by atoms with E-state index in [0.29, 0.717) is 11.3 Å². The first-order valence-corrected chi connectivity index (χ1v) is 5.64. The molecule has 0 heterocycles. The fraction of sp³-hybridized carbons (Fsp3) is 0.125. The number of amides is 2. The summed E-state index contributed by atoms with van der Waals surface area (Å²) in [5.41, 5.74) is 2.75. The average molecular weight is 245 g/mol. The summed E-state index contributed by atoms with van der Waals surface area (Å²) in [6, 6.07) is 3.14. The number of nitrogens with two attached hydrogens (primary N) is 1. The van der Waals surface area contributed by atoms with Gasteiger partial charge < -0.3 is 5.32 Å². The van der Waals surface area contributed by atoms with E-state index in [1.807, 2.05) is 5.43 Å². The zero-order valence-corrected chi connectivity index (χ0v) is 9.21. The number of hydrazine groups is 1. The van der Waals surface area contributed by atoms with Gasteiger partial charge in [0.1, 0.15) is 0 Å². The number of carbonyl (C=O) groups is 1. The van der Waals surface area contributed by atoms with Gasteiger partial charge in [-0.3, -0.25) is 9.98 Å². The molecular weight excluding hydrogens is 234 g/mol. The van der Waals surface area contributed by atoms with E-state index in [0.717, 1.165) is 0 Å². The van der Waals surface area contributed by atoms with Crippen molar-refractivity contribution in [2.24, 2.45) is 5.84 Å². The second-order valence-electron chi connectivity index (χ2n) is 3.05. The van der Waals surface area contributed by atoms with Gasteiger partial charge in [-0.25, -0.2) is 10.6 Å². The molecule has 7 nitrogen and oxygen atoms in total. The predicted octanol–water partition coefficient (Wildman–Crippen LogP) is 0.237. The van der Waals surface area contributed by atoms with Crippen molar-refractivity contribution in [1.29, 1.82) is 0 Å². The van der Waals surface area contributed by atoms with E-state index in [1.54, 1.807) is 6.92 Å². The highest BCUT2D eigenvalue weighted by molar-refractivity contribution is 7.85. The first-order chi connectivity index (χ1) is 7.34. The number of benzene rings is 1. The van der Waals surface area contributed by atoms with Gasteiger partial charge in [-0.05, 0) is 30.7 Å². The van der Waals surface area contributed by atoms with E-state index in [-0.39, 0.29) is 4.90 Å². The molecular formula is C8H11N3O4S. The Bertz CT molecular complexity index is 512. The van der Waals surface area contributed by atoms with E-state index in [9.17, 15) is 13.2 Å². The fourth-order valence-corrected chi connectivity index (χ4v) is 1.66. The highest BCUT2D eigenvalue weighted by atomic mass is 32.2. The Balaban J connectivity index is 3.06. The lowest BCUT2D eigenvalue weighted by molar-refractivity contribution is 0.252. The van der Waals surface area contributed by atoms with Crippen LogP contribution in [0.2, 0.25) is 0 Å². The van der Waals surface area contributed by atoms with Gasteiger partial charge in [0.15, 0.2) is 0 Å². The van der Waals surface area contributed by atoms with Gasteiger partial charge in [0.05, 0.1) is 4.90 Å². The number of urea groups is 1. The van der Waals surface area contributed by atoms with Crippen molar-refractivity contribution in [3.8, 4) is 0 Å². The molecule has 0 saturated heterocycles. The maximum absolute atomic E-state index is 10.9. The van der Waals surface area contributed by atoms with Crippen LogP contribution in [0.5, 0.6) is 0 Å². The number of anilines is 1. The highest BCUT2D eigenvalue weighted by Gasteiger charge is 2.11. The third-order valence-corrected chi connectivity index (χ3v) is 2.72. The maximum Gasteiger partial charge on any atom is 0.333 e. The zero-order chi connectivity index (χ0) is 12.3. The van der Waals surface area contributed by atoms with E-state index >= 15 is 0 Å². The molecule has 0 bridgehead atoms. The second-order valence-corrected chi connectivity index (χ2v) is 4.47. The molecule has 0 aromatic heterocycles. The largest absolute Gasteiger partial charge is 0.333 e. The van der Waals surface area contributed by atoms with Crippen LogP contribution in [0.25, 0.3) is 0 Å². The summed E-state index contributed by atoms with van der Waals surface area (Å²) in [6.45, 7) is 1.58. The molecule has 1 rings (SSSR count). The third kappa shape index (κ3) is 2.92. The molecule has 0 saturated carbocycles. The lowest BCUT2D eigenvalue weighted by Crippen LogP contribution is -2.34. The summed E-state index contributed by atoms with van der Waals surface area (Å²) in [5.74, 6) is 4.87. The molecule has 16 heavy (non-hydrogen) atoms. The molecule has 8 heteroatoms. The molecule has 0 aliphatic rings. The molecule has 88 valence electrons. The third-order valence-electron chi connectivity index (χ3n) is 1.88. The molecule has 1 aromatic carbocycles. The van der Waals surface area contributed by atoms with Gasteiger partial charge in [0.25, 0.3) is 10.1 Å². The van der Waals surface area contributed by atoms with E-state index in [1.165, 1.54) is 18.2 Å².